The van der Waals surface area contributed by atoms with Gasteiger partial charge in [0.15, 0.2) is 12.6 Å². The van der Waals surface area contributed by atoms with E-state index in [9.17, 15) is 20.4 Å². The van der Waals surface area contributed by atoms with Crippen LogP contribution in [0.4, 0.5) is 0 Å². The SMILES string of the molecule is COC1OC(COC2OC(CO)C(O)C2O)C(O)C1O. The maximum absolute atomic E-state index is 9.72. The summed E-state index contributed by atoms with van der Waals surface area (Å²) >= 11 is 0. The van der Waals surface area contributed by atoms with Crippen molar-refractivity contribution in [1.82, 2.24) is 0 Å². The summed E-state index contributed by atoms with van der Waals surface area (Å²) in [6.07, 6.45) is -8.83. The lowest BCUT2D eigenvalue weighted by atomic mass is 10.1. The van der Waals surface area contributed by atoms with Gasteiger partial charge in [-0.2, -0.15) is 0 Å². The van der Waals surface area contributed by atoms with E-state index >= 15 is 0 Å². The highest BCUT2D eigenvalue weighted by atomic mass is 16.7. The number of ether oxygens (including phenoxy) is 4. The van der Waals surface area contributed by atoms with E-state index in [1.807, 2.05) is 0 Å². The molecule has 0 bridgehead atoms. The summed E-state index contributed by atoms with van der Waals surface area (Å²) < 4.78 is 20.4. The van der Waals surface area contributed by atoms with Crippen LogP contribution in [0.1, 0.15) is 0 Å². The molecular weight excluding hydrogens is 276 g/mol. The number of methoxy groups -OCH3 is 1. The minimum atomic E-state index is -1.31. The average Bonchev–Trinajstić information content (AvgIpc) is 2.88. The van der Waals surface area contributed by atoms with Crippen LogP contribution in [0.15, 0.2) is 0 Å². The van der Waals surface area contributed by atoms with E-state index in [0.717, 1.165) is 0 Å². The summed E-state index contributed by atoms with van der Waals surface area (Å²) in [6.45, 7) is -0.629. The van der Waals surface area contributed by atoms with Crippen LogP contribution < -0.4 is 0 Å². The number of hydrogen-bond acceptors (Lipinski definition) is 9. The van der Waals surface area contributed by atoms with Crippen molar-refractivity contribution in [3.8, 4) is 0 Å². The fourth-order valence-corrected chi connectivity index (χ4v) is 2.24. The standard InChI is InChI=1S/C11H20O9/c1-17-10-8(15)7(14)5(20-10)3-18-11-9(16)6(13)4(2-12)19-11/h4-16H,2-3H2,1H3. The molecular formula is C11H20O9. The molecule has 2 aliphatic rings. The van der Waals surface area contributed by atoms with E-state index in [1.54, 1.807) is 0 Å². The lowest BCUT2D eigenvalue weighted by Crippen LogP contribution is -2.38. The monoisotopic (exact) mass is 296 g/mol. The summed E-state index contributed by atoms with van der Waals surface area (Å²) in [5, 5.41) is 47.4. The van der Waals surface area contributed by atoms with Gasteiger partial charge in [-0.1, -0.05) is 0 Å². The Labute approximate surface area is 115 Å². The van der Waals surface area contributed by atoms with Crippen LogP contribution in [-0.4, -0.2) is 95.1 Å². The molecule has 9 heteroatoms. The molecule has 2 rings (SSSR count). The van der Waals surface area contributed by atoms with Gasteiger partial charge in [-0.3, -0.25) is 0 Å². The Hall–Kier alpha value is -0.360. The van der Waals surface area contributed by atoms with Crippen LogP contribution in [0.2, 0.25) is 0 Å². The van der Waals surface area contributed by atoms with E-state index in [-0.39, 0.29) is 6.61 Å². The Morgan fingerprint density at radius 3 is 1.90 bits per heavy atom. The predicted molar refractivity (Wildman–Crippen MR) is 61.4 cm³/mol. The Balaban J connectivity index is 1.84. The predicted octanol–water partition coefficient (Wildman–Crippen LogP) is -3.46. The number of aliphatic hydroxyl groups excluding tert-OH is 5. The lowest BCUT2D eigenvalue weighted by molar-refractivity contribution is -0.201. The molecule has 0 saturated carbocycles. The highest BCUT2D eigenvalue weighted by Gasteiger charge is 2.46. The molecule has 0 spiro atoms. The van der Waals surface area contributed by atoms with Crippen LogP contribution in [0, 0.1) is 0 Å². The van der Waals surface area contributed by atoms with Crippen molar-refractivity contribution in [2.24, 2.45) is 0 Å². The Morgan fingerprint density at radius 2 is 1.40 bits per heavy atom. The molecule has 2 aliphatic heterocycles. The largest absolute Gasteiger partial charge is 0.394 e. The van der Waals surface area contributed by atoms with Gasteiger partial charge in [0.05, 0.1) is 13.2 Å². The van der Waals surface area contributed by atoms with Crippen molar-refractivity contribution < 1.29 is 44.5 Å². The van der Waals surface area contributed by atoms with Gasteiger partial charge < -0.3 is 44.5 Å². The van der Waals surface area contributed by atoms with E-state index < -0.39 is 55.8 Å². The molecule has 2 heterocycles. The molecule has 5 N–H and O–H groups in total. The highest BCUT2D eigenvalue weighted by Crippen LogP contribution is 2.25. The number of hydrogen-bond donors (Lipinski definition) is 5. The van der Waals surface area contributed by atoms with Crippen molar-refractivity contribution in [3.05, 3.63) is 0 Å². The first-order valence-corrected chi connectivity index (χ1v) is 6.28. The van der Waals surface area contributed by atoms with Gasteiger partial charge >= 0.3 is 0 Å². The summed E-state index contributed by atoms with van der Waals surface area (Å²) in [6, 6.07) is 0. The van der Waals surface area contributed by atoms with Gasteiger partial charge in [0.2, 0.25) is 0 Å². The molecule has 0 radical (unpaired) electrons. The number of rotatable bonds is 5. The number of aliphatic hydroxyl groups is 5. The third-order valence-electron chi connectivity index (χ3n) is 3.47. The van der Waals surface area contributed by atoms with Crippen LogP contribution in [0.3, 0.4) is 0 Å². The summed E-state index contributed by atoms with van der Waals surface area (Å²) in [7, 11) is 1.33. The zero-order valence-corrected chi connectivity index (χ0v) is 10.9. The molecule has 0 aliphatic carbocycles. The van der Waals surface area contributed by atoms with Gasteiger partial charge in [0.25, 0.3) is 0 Å². The van der Waals surface area contributed by atoms with Crippen LogP contribution in [-0.2, 0) is 18.9 Å². The molecule has 2 saturated heterocycles. The molecule has 20 heavy (non-hydrogen) atoms. The van der Waals surface area contributed by atoms with Gasteiger partial charge in [-0.15, -0.1) is 0 Å². The van der Waals surface area contributed by atoms with Crippen molar-refractivity contribution in [2.45, 2.75) is 49.2 Å². The van der Waals surface area contributed by atoms with E-state index in [2.05, 4.69) is 0 Å². The van der Waals surface area contributed by atoms with Gasteiger partial charge in [0.1, 0.15) is 36.6 Å². The van der Waals surface area contributed by atoms with Gasteiger partial charge in [-0.25, -0.2) is 0 Å². The molecule has 8 unspecified atom stereocenters. The lowest BCUT2D eigenvalue weighted by Gasteiger charge is -2.19. The Bertz CT molecular complexity index is 284. The summed E-state index contributed by atoms with van der Waals surface area (Å²) in [5.41, 5.74) is 0. The maximum Gasteiger partial charge on any atom is 0.186 e. The minimum absolute atomic E-state index is 0.176. The normalized spacial score (nSPS) is 48.9. The Morgan fingerprint density at radius 1 is 0.850 bits per heavy atom. The third kappa shape index (κ3) is 2.96. The molecule has 8 atom stereocenters. The smallest absolute Gasteiger partial charge is 0.186 e. The first-order valence-electron chi connectivity index (χ1n) is 6.28. The average molecular weight is 296 g/mol. The van der Waals surface area contributed by atoms with Crippen molar-refractivity contribution in [3.63, 3.8) is 0 Å². The molecule has 0 aromatic heterocycles. The molecule has 0 aromatic rings. The fraction of sp³-hybridized carbons (Fsp3) is 1.00. The van der Waals surface area contributed by atoms with Crippen LogP contribution in [0.25, 0.3) is 0 Å². The summed E-state index contributed by atoms with van der Waals surface area (Å²) in [5.74, 6) is 0. The maximum atomic E-state index is 9.72. The fourth-order valence-electron chi connectivity index (χ4n) is 2.24. The van der Waals surface area contributed by atoms with Crippen molar-refractivity contribution in [2.75, 3.05) is 20.3 Å². The molecule has 118 valence electrons. The first-order chi connectivity index (χ1) is 9.49. The Kier molecular flexibility index (Phi) is 5.29. The second kappa shape index (κ2) is 6.60. The zero-order chi connectivity index (χ0) is 14.9. The molecule has 2 fully saturated rings. The molecule has 9 nitrogen and oxygen atoms in total. The second-order valence-corrected chi connectivity index (χ2v) is 4.80. The van der Waals surface area contributed by atoms with Crippen molar-refractivity contribution in [1.29, 1.82) is 0 Å². The molecule has 0 aromatic carbocycles. The molecule has 0 amide bonds. The van der Waals surface area contributed by atoms with Gasteiger partial charge in [0, 0.05) is 7.11 Å². The third-order valence-corrected chi connectivity index (χ3v) is 3.47. The van der Waals surface area contributed by atoms with Crippen LogP contribution >= 0.6 is 0 Å². The highest BCUT2D eigenvalue weighted by molar-refractivity contribution is 4.89. The zero-order valence-electron chi connectivity index (χ0n) is 10.9. The topological polar surface area (TPSA) is 138 Å². The van der Waals surface area contributed by atoms with E-state index in [0.29, 0.717) is 0 Å². The van der Waals surface area contributed by atoms with Crippen molar-refractivity contribution >= 4 is 0 Å². The second-order valence-electron chi connectivity index (χ2n) is 4.80. The van der Waals surface area contributed by atoms with E-state index in [4.69, 9.17) is 24.1 Å². The quantitative estimate of drug-likeness (QED) is 0.350. The first kappa shape index (κ1) is 16.0. The van der Waals surface area contributed by atoms with E-state index in [1.165, 1.54) is 7.11 Å². The van der Waals surface area contributed by atoms with Gasteiger partial charge in [-0.05, 0) is 0 Å². The minimum Gasteiger partial charge on any atom is -0.394 e. The van der Waals surface area contributed by atoms with Crippen LogP contribution in [0.5, 0.6) is 0 Å². The summed E-state index contributed by atoms with van der Waals surface area (Å²) in [4.78, 5) is 0.